The molecule has 1 heterocycles. The summed E-state index contributed by atoms with van der Waals surface area (Å²) in [4.78, 5) is 4.38. The van der Waals surface area contributed by atoms with Gasteiger partial charge in [0.05, 0.1) is 5.56 Å². The lowest BCUT2D eigenvalue weighted by Gasteiger charge is -2.03. The van der Waals surface area contributed by atoms with Gasteiger partial charge < -0.3 is 10.3 Å². The third kappa shape index (κ3) is 2.79. The highest BCUT2D eigenvalue weighted by atomic mass is 79.9. The summed E-state index contributed by atoms with van der Waals surface area (Å²) >= 11 is 3.54. The fraction of sp³-hybridized carbons (Fsp3) is 0.385. The van der Waals surface area contributed by atoms with E-state index in [9.17, 15) is 0 Å². The van der Waals surface area contributed by atoms with Crippen LogP contribution in [0.5, 0.6) is 0 Å². The maximum absolute atomic E-state index is 5.88. The monoisotopic (exact) mass is 309 g/mol. The van der Waals surface area contributed by atoms with Crippen molar-refractivity contribution in [3.05, 3.63) is 34.1 Å². The van der Waals surface area contributed by atoms with Gasteiger partial charge in [0, 0.05) is 16.9 Å². The molecule has 2 aromatic rings. The average molecular weight is 310 g/mol. The Balaban J connectivity index is 2.27. The summed E-state index contributed by atoms with van der Waals surface area (Å²) in [5.74, 6) is 1.19. The van der Waals surface area contributed by atoms with Crippen LogP contribution in [0.2, 0.25) is 0 Å². The molecule has 2 rings (SSSR count). The number of halogens is 1. The Morgan fingerprint density at radius 2 is 2.22 bits per heavy atom. The average Bonchev–Trinajstić information content (AvgIpc) is 2.80. The van der Waals surface area contributed by atoms with Crippen molar-refractivity contribution in [2.75, 3.05) is 0 Å². The van der Waals surface area contributed by atoms with Crippen molar-refractivity contribution in [1.82, 2.24) is 10.1 Å². The van der Waals surface area contributed by atoms with Crippen molar-refractivity contribution >= 4 is 15.9 Å². The van der Waals surface area contributed by atoms with E-state index in [1.54, 1.807) is 0 Å². The molecule has 0 aliphatic rings. The molecule has 2 N–H and O–H groups in total. The summed E-state index contributed by atoms with van der Waals surface area (Å²) in [5, 5.41) is 3.96. The van der Waals surface area contributed by atoms with Crippen LogP contribution in [-0.2, 0) is 6.42 Å². The molecule has 1 unspecified atom stereocenters. The number of hydrogen-bond donors (Lipinski definition) is 1. The van der Waals surface area contributed by atoms with Crippen molar-refractivity contribution in [2.24, 2.45) is 5.73 Å². The van der Waals surface area contributed by atoms with Gasteiger partial charge in [-0.1, -0.05) is 24.2 Å². The normalized spacial score (nSPS) is 12.7. The molecule has 4 nitrogen and oxygen atoms in total. The number of nitrogens with zero attached hydrogens (tertiary/aromatic N) is 2. The molecule has 0 bridgehead atoms. The second-order valence-electron chi connectivity index (χ2n) is 4.32. The van der Waals surface area contributed by atoms with Crippen LogP contribution in [0.3, 0.4) is 0 Å². The lowest BCUT2D eigenvalue weighted by atomic mass is 10.1. The van der Waals surface area contributed by atoms with Gasteiger partial charge in [-0.25, -0.2) is 0 Å². The highest BCUT2D eigenvalue weighted by Crippen LogP contribution is 2.29. The van der Waals surface area contributed by atoms with E-state index < -0.39 is 0 Å². The molecule has 18 heavy (non-hydrogen) atoms. The van der Waals surface area contributed by atoms with Gasteiger partial charge in [0.2, 0.25) is 0 Å². The SMILES string of the molecule is CCC(N)Cc1noc(-c2cccc(C)c2Br)n1. The zero-order valence-electron chi connectivity index (χ0n) is 10.5. The molecule has 0 fully saturated rings. The molecule has 5 heteroatoms. The largest absolute Gasteiger partial charge is 0.334 e. The van der Waals surface area contributed by atoms with Crippen LogP contribution < -0.4 is 5.73 Å². The number of benzene rings is 1. The predicted octanol–water partition coefficient (Wildman–Crippen LogP) is 3.09. The van der Waals surface area contributed by atoms with E-state index in [0.717, 1.165) is 22.0 Å². The Hall–Kier alpha value is -1.20. The van der Waals surface area contributed by atoms with E-state index in [0.29, 0.717) is 18.1 Å². The van der Waals surface area contributed by atoms with Gasteiger partial charge in [-0.05, 0) is 40.9 Å². The van der Waals surface area contributed by atoms with Crippen LogP contribution in [0.25, 0.3) is 11.5 Å². The lowest BCUT2D eigenvalue weighted by Crippen LogP contribution is -2.21. The predicted molar refractivity (Wildman–Crippen MR) is 74.1 cm³/mol. The molecule has 1 atom stereocenters. The number of hydrogen-bond acceptors (Lipinski definition) is 4. The van der Waals surface area contributed by atoms with Gasteiger partial charge in [0.15, 0.2) is 5.82 Å². The number of aromatic nitrogens is 2. The molecule has 1 aromatic heterocycles. The van der Waals surface area contributed by atoms with Crippen molar-refractivity contribution in [3.63, 3.8) is 0 Å². The molecule has 0 saturated heterocycles. The molecular weight excluding hydrogens is 294 g/mol. The Labute approximate surface area is 115 Å². The Bertz CT molecular complexity index is 539. The minimum atomic E-state index is 0.0800. The maximum Gasteiger partial charge on any atom is 0.259 e. The van der Waals surface area contributed by atoms with Gasteiger partial charge in [0.25, 0.3) is 5.89 Å². The topological polar surface area (TPSA) is 64.9 Å². The maximum atomic E-state index is 5.88. The Kier molecular flexibility index (Phi) is 4.14. The van der Waals surface area contributed by atoms with E-state index in [2.05, 4.69) is 26.1 Å². The second kappa shape index (κ2) is 5.63. The van der Waals surface area contributed by atoms with Gasteiger partial charge >= 0.3 is 0 Å². The van der Waals surface area contributed by atoms with Gasteiger partial charge in [-0.2, -0.15) is 4.98 Å². The van der Waals surface area contributed by atoms with Crippen LogP contribution in [-0.4, -0.2) is 16.2 Å². The number of rotatable bonds is 4. The van der Waals surface area contributed by atoms with E-state index in [1.165, 1.54) is 0 Å². The molecule has 0 amide bonds. The fourth-order valence-electron chi connectivity index (χ4n) is 1.64. The third-order valence-electron chi connectivity index (χ3n) is 2.86. The van der Waals surface area contributed by atoms with Crippen LogP contribution in [0, 0.1) is 6.92 Å². The van der Waals surface area contributed by atoms with E-state index in [4.69, 9.17) is 10.3 Å². The van der Waals surface area contributed by atoms with E-state index >= 15 is 0 Å². The molecule has 0 aliphatic heterocycles. The van der Waals surface area contributed by atoms with Gasteiger partial charge in [-0.15, -0.1) is 0 Å². The highest BCUT2D eigenvalue weighted by Gasteiger charge is 2.14. The minimum absolute atomic E-state index is 0.0800. The second-order valence-corrected chi connectivity index (χ2v) is 5.12. The molecular formula is C13H16BrN3O. The first-order chi connectivity index (χ1) is 8.61. The summed E-state index contributed by atoms with van der Waals surface area (Å²) in [7, 11) is 0. The van der Waals surface area contributed by atoms with Crippen LogP contribution in [0.4, 0.5) is 0 Å². The van der Waals surface area contributed by atoms with Crippen molar-refractivity contribution in [2.45, 2.75) is 32.7 Å². The molecule has 0 aliphatic carbocycles. The third-order valence-corrected chi connectivity index (χ3v) is 3.91. The standard InChI is InChI=1S/C13H16BrN3O/c1-3-9(15)7-11-16-13(18-17-11)10-6-4-5-8(2)12(10)14/h4-6,9H,3,7,15H2,1-2H3. The lowest BCUT2D eigenvalue weighted by molar-refractivity contribution is 0.419. The van der Waals surface area contributed by atoms with Crippen molar-refractivity contribution < 1.29 is 4.52 Å². The molecule has 0 saturated carbocycles. The van der Waals surface area contributed by atoms with Crippen molar-refractivity contribution in [3.8, 4) is 11.5 Å². The zero-order valence-corrected chi connectivity index (χ0v) is 12.1. The van der Waals surface area contributed by atoms with Crippen LogP contribution >= 0.6 is 15.9 Å². The van der Waals surface area contributed by atoms with Gasteiger partial charge in [-0.3, -0.25) is 0 Å². The van der Waals surface area contributed by atoms with Gasteiger partial charge in [0.1, 0.15) is 0 Å². The smallest absolute Gasteiger partial charge is 0.259 e. The minimum Gasteiger partial charge on any atom is -0.334 e. The molecule has 0 spiro atoms. The van der Waals surface area contributed by atoms with Crippen molar-refractivity contribution in [1.29, 1.82) is 0 Å². The summed E-state index contributed by atoms with van der Waals surface area (Å²) in [5.41, 5.74) is 7.93. The first-order valence-corrected chi connectivity index (χ1v) is 6.74. The van der Waals surface area contributed by atoms with E-state index in [-0.39, 0.29) is 6.04 Å². The number of nitrogens with two attached hydrogens (primary N) is 1. The van der Waals surface area contributed by atoms with Crippen LogP contribution in [0.15, 0.2) is 27.2 Å². The summed E-state index contributed by atoms with van der Waals surface area (Å²) in [6, 6.07) is 6.03. The Morgan fingerprint density at radius 3 is 2.94 bits per heavy atom. The summed E-state index contributed by atoms with van der Waals surface area (Å²) < 4.78 is 6.27. The molecule has 1 aromatic carbocycles. The molecule has 96 valence electrons. The number of aryl methyl sites for hydroxylation is 1. The van der Waals surface area contributed by atoms with E-state index in [1.807, 2.05) is 32.0 Å². The zero-order chi connectivity index (χ0) is 13.1. The quantitative estimate of drug-likeness (QED) is 0.942. The summed E-state index contributed by atoms with van der Waals surface area (Å²) in [6.45, 7) is 4.07. The Morgan fingerprint density at radius 1 is 1.44 bits per heavy atom. The fourth-order valence-corrected chi connectivity index (χ4v) is 2.07. The van der Waals surface area contributed by atoms with Crippen LogP contribution in [0.1, 0.15) is 24.7 Å². The summed E-state index contributed by atoms with van der Waals surface area (Å²) in [6.07, 6.45) is 1.54. The highest BCUT2D eigenvalue weighted by molar-refractivity contribution is 9.10. The molecule has 0 radical (unpaired) electrons. The first-order valence-electron chi connectivity index (χ1n) is 5.95. The first kappa shape index (κ1) is 13.2.